The van der Waals surface area contributed by atoms with Crippen LogP contribution in [0.3, 0.4) is 0 Å². The van der Waals surface area contributed by atoms with E-state index in [1.807, 2.05) is 11.4 Å². The van der Waals surface area contributed by atoms with Crippen LogP contribution < -0.4 is 4.90 Å². The molecule has 0 unspecified atom stereocenters. The van der Waals surface area contributed by atoms with Crippen LogP contribution in [0, 0.1) is 5.82 Å². The van der Waals surface area contributed by atoms with Crippen LogP contribution >= 0.6 is 11.3 Å². The number of hydrogen-bond acceptors (Lipinski definition) is 3. The minimum atomic E-state index is -0.241. The fraction of sp³-hybridized carbons (Fsp3) is 0.333. The zero-order valence-corrected chi connectivity index (χ0v) is 11.4. The number of thiophene rings is 1. The summed E-state index contributed by atoms with van der Waals surface area (Å²) in [5.74, 6) is -0.241. The molecule has 0 bridgehead atoms. The molecule has 0 radical (unpaired) electrons. The predicted molar refractivity (Wildman–Crippen MR) is 75.8 cm³/mol. The van der Waals surface area contributed by atoms with Crippen molar-refractivity contribution in [3.63, 3.8) is 0 Å². The third-order valence-electron chi connectivity index (χ3n) is 3.42. The highest BCUT2D eigenvalue weighted by atomic mass is 32.1. The molecule has 1 aliphatic carbocycles. The molecule has 3 rings (SSSR count). The molecule has 2 nitrogen and oxygen atoms in total. The van der Waals surface area contributed by atoms with E-state index in [0.717, 1.165) is 19.4 Å². The fourth-order valence-electron chi connectivity index (χ4n) is 2.36. The summed E-state index contributed by atoms with van der Waals surface area (Å²) in [5, 5.41) is 11.5. The summed E-state index contributed by atoms with van der Waals surface area (Å²) in [6.45, 7) is 0.594. The van der Waals surface area contributed by atoms with Gasteiger partial charge in [-0.2, -0.15) is 0 Å². The minimum absolute atomic E-state index is 0.124. The van der Waals surface area contributed by atoms with E-state index in [9.17, 15) is 9.50 Å². The normalized spacial score (nSPS) is 14.6. The Morgan fingerprint density at radius 1 is 1.26 bits per heavy atom. The number of para-hydroxylation sites is 1. The van der Waals surface area contributed by atoms with E-state index in [1.54, 1.807) is 23.5 Å². The Balaban J connectivity index is 1.96. The van der Waals surface area contributed by atoms with Gasteiger partial charge < -0.3 is 10.0 Å². The lowest BCUT2D eigenvalue weighted by Gasteiger charge is -2.26. The SMILES string of the molecule is OCc1cccc(F)c1N(Cc1cccs1)C1CC1. The second-order valence-electron chi connectivity index (χ2n) is 4.84. The average molecular weight is 277 g/mol. The lowest BCUT2D eigenvalue weighted by molar-refractivity contribution is 0.281. The highest BCUT2D eigenvalue weighted by Crippen LogP contribution is 2.37. The van der Waals surface area contributed by atoms with Crippen LogP contribution in [0.15, 0.2) is 35.7 Å². The lowest BCUT2D eigenvalue weighted by atomic mass is 10.1. The molecule has 0 amide bonds. The van der Waals surface area contributed by atoms with Gasteiger partial charge in [0.1, 0.15) is 5.82 Å². The van der Waals surface area contributed by atoms with Gasteiger partial charge in [-0.25, -0.2) is 4.39 Å². The van der Waals surface area contributed by atoms with E-state index in [1.165, 1.54) is 10.9 Å². The van der Waals surface area contributed by atoms with Crippen molar-refractivity contribution in [3.05, 3.63) is 52.0 Å². The summed E-state index contributed by atoms with van der Waals surface area (Å²) in [5.41, 5.74) is 1.24. The third-order valence-corrected chi connectivity index (χ3v) is 4.28. The summed E-state index contributed by atoms with van der Waals surface area (Å²) >= 11 is 1.68. The topological polar surface area (TPSA) is 23.5 Å². The molecular weight excluding hydrogens is 261 g/mol. The number of anilines is 1. The molecular formula is C15H16FNOS. The summed E-state index contributed by atoms with van der Waals surface area (Å²) in [7, 11) is 0. The molecule has 0 saturated heterocycles. The molecule has 1 aromatic heterocycles. The highest BCUT2D eigenvalue weighted by molar-refractivity contribution is 7.09. The molecule has 4 heteroatoms. The monoisotopic (exact) mass is 277 g/mol. The largest absolute Gasteiger partial charge is 0.392 e. The Labute approximate surface area is 116 Å². The first-order valence-electron chi connectivity index (χ1n) is 6.47. The van der Waals surface area contributed by atoms with Gasteiger partial charge in [0.05, 0.1) is 18.8 Å². The maximum absolute atomic E-state index is 14.2. The molecule has 0 aliphatic heterocycles. The lowest BCUT2D eigenvalue weighted by Crippen LogP contribution is -2.26. The highest BCUT2D eigenvalue weighted by Gasteiger charge is 2.32. The number of aliphatic hydroxyl groups is 1. The predicted octanol–water partition coefficient (Wildman–Crippen LogP) is 3.55. The molecule has 1 heterocycles. The maximum atomic E-state index is 14.2. The van der Waals surface area contributed by atoms with Crippen molar-refractivity contribution in [2.24, 2.45) is 0 Å². The molecule has 0 spiro atoms. The van der Waals surface area contributed by atoms with Crippen molar-refractivity contribution in [1.29, 1.82) is 0 Å². The van der Waals surface area contributed by atoms with Gasteiger partial charge in [0.25, 0.3) is 0 Å². The first-order chi connectivity index (χ1) is 9.29. The van der Waals surface area contributed by atoms with Crippen LogP contribution in [-0.4, -0.2) is 11.1 Å². The quantitative estimate of drug-likeness (QED) is 0.903. The maximum Gasteiger partial charge on any atom is 0.146 e. The van der Waals surface area contributed by atoms with Gasteiger partial charge in [-0.05, 0) is 30.4 Å². The van der Waals surface area contributed by atoms with Crippen LogP contribution in [0.1, 0.15) is 23.3 Å². The number of halogens is 1. The van der Waals surface area contributed by atoms with Crippen LogP contribution in [0.5, 0.6) is 0 Å². The molecule has 0 atom stereocenters. The zero-order chi connectivity index (χ0) is 13.2. The standard InChI is InChI=1S/C15H16FNOS/c16-14-5-1-3-11(10-18)15(14)17(12-6-7-12)9-13-4-2-8-19-13/h1-5,8,12,18H,6-7,9-10H2. The van der Waals surface area contributed by atoms with E-state index in [2.05, 4.69) is 11.0 Å². The van der Waals surface area contributed by atoms with Gasteiger partial charge in [0, 0.05) is 16.5 Å². The van der Waals surface area contributed by atoms with Crippen LogP contribution in [0.2, 0.25) is 0 Å². The van der Waals surface area contributed by atoms with Crippen molar-refractivity contribution in [2.45, 2.75) is 32.0 Å². The molecule has 1 N–H and O–H groups in total. The molecule has 19 heavy (non-hydrogen) atoms. The number of hydrogen-bond donors (Lipinski definition) is 1. The Morgan fingerprint density at radius 2 is 2.11 bits per heavy atom. The van der Waals surface area contributed by atoms with Gasteiger partial charge in [0.2, 0.25) is 0 Å². The Hall–Kier alpha value is -1.39. The number of benzene rings is 1. The van der Waals surface area contributed by atoms with E-state index < -0.39 is 0 Å². The van der Waals surface area contributed by atoms with E-state index in [-0.39, 0.29) is 12.4 Å². The number of aliphatic hydroxyl groups excluding tert-OH is 1. The number of rotatable bonds is 5. The summed E-state index contributed by atoms with van der Waals surface area (Å²) in [4.78, 5) is 3.33. The van der Waals surface area contributed by atoms with E-state index >= 15 is 0 Å². The molecule has 1 aromatic carbocycles. The summed E-state index contributed by atoms with van der Waals surface area (Å²) in [6.07, 6.45) is 2.20. The van der Waals surface area contributed by atoms with Crippen molar-refractivity contribution >= 4 is 17.0 Å². The molecule has 1 aliphatic rings. The Morgan fingerprint density at radius 3 is 2.74 bits per heavy atom. The third kappa shape index (κ3) is 2.65. The first-order valence-corrected chi connectivity index (χ1v) is 7.35. The van der Waals surface area contributed by atoms with Gasteiger partial charge >= 0.3 is 0 Å². The van der Waals surface area contributed by atoms with Gasteiger partial charge in [-0.1, -0.05) is 18.2 Å². The second-order valence-corrected chi connectivity index (χ2v) is 5.88. The zero-order valence-electron chi connectivity index (χ0n) is 10.6. The summed E-state index contributed by atoms with van der Waals surface area (Å²) in [6, 6.07) is 9.41. The second kappa shape index (κ2) is 5.31. The average Bonchev–Trinajstić information content (AvgIpc) is 3.14. The van der Waals surface area contributed by atoms with Crippen molar-refractivity contribution in [2.75, 3.05) is 4.90 Å². The van der Waals surface area contributed by atoms with E-state index in [4.69, 9.17) is 0 Å². The molecule has 1 fully saturated rings. The molecule has 100 valence electrons. The first kappa shape index (κ1) is 12.6. The Kier molecular flexibility index (Phi) is 3.53. The Bertz CT molecular complexity index is 551. The van der Waals surface area contributed by atoms with Gasteiger partial charge in [-0.3, -0.25) is 0 Å². The summed E-state index contributed by atoms with van der Waals surface area (Å²) < 4.78 is 14.2. The van der Waals surface area contributed by atoms with Crippen LogP contribution in [0.4, 0.5) is 10.1 Å². The van der Waals surface area contributed by atoms with Gasteiger partial charge in [0.15, 0.2) is 0 Å². The van der Waals surface area contributed by atoms with Crippen molar-refractivity contribution < 1.29 is 9.50 Å². The van der Waals surface area contributed by atoms with Crippen LogP contribution in [-0.2, 0) is 13.2 Å². The smallest absolute Gasteiger partial charge is 0.146 e. The fourth-order valence-corrected chi connectivity index (χ4v) is 3.06. The van der Waals surface area contributed by atoms with Crippen molar-refractivity contribution in [1.82, 2.24) is 0 Å². The molecule has 2 aromatic rings. The minimum Gasteiger partial charge on any atom is -0.392 e. The van der Waals surface area contributed by atoms with Crippen molar-refractivity contribution in [3.8, 4) is 0 Å². The number of nitrogens with zero attached hydrogens (tertiary/aromatic N) is 1. The molecule has 1 saturated carbocycles. The van der Waals surface area contributed by atoms with E-state index in [0.29, 0.717) is 17.3 Å². The van der Waals surface area contributed by atoms with Crippen LogP contribution in [0.25, 0.3) is 0 Å². The van der Waals surface area contributed by atoms with Gasteiger partial charge in [-0.15, -0.1) is 11.3 Å².